The van der Waals surface area contributed by atoms with E-state index in [0.717, 1.165) is 22.0 Å². The van der Waals surface area contributed by atoms with Crippen LogP contribution in [0.4, 0.5) is 0 Å². The van der Waals surface area contributed by atoms with Crippen molar-refractivity contribution >= 4 is 50.9 Å². The van der Waals surface area contributed by atoms with Crippen molar-refractivity contribution in [3.63, 3.8) is 0 Å². The second-order valence-corrected chi connectivity index (χ2v) is 9.43. The molecule has 32 heavy (non-hydrogen) atoms. The van der Waals surface area contributed by atoms with Gasteiger partial charge in [0.1, 0.15) is 11.8 Å². The first-order valence-electron chi connectivity index (χ1n) is 10.6. The molecule has 2 aromatic carbocycles. The lowest BCUT2D eigenvalue weighted by Crippen LogP contribution is -2.51. The van der Waals surface area contributed by atoms with Crippen LogP contribution in [0.15, 0.2) is 40.9 Å². The summed E-state index contributed by atoms with van der Waals surface area (Å²) in [5, 5.41) is 3.73. The molecule has 0 bridgehead atoms. The van der Waals surface area contributed by atoms with Crippen molar-refractivity contribution < 1.29 is 14.3 Å². The van der Waals surface area contributed by atoms with Gasteiger partial charge in [0.2, 0.25) is 5.91 Å². The molecule has 0 radical (unpaired) electrons. The van der Waals surface area contributed by atoms with Gasteiger partial charge >= 0.3 is 0 Å². The summed E-state index contributed by atoms with van der Waals surface area (Å²) in [4.78, 5) is 27.6. The fraction of sp³-hybridized carbons (Fsp3) is 0.417. The monoisotopic (exact) mass is 542 g/mol. The summed E-state index contributed by atoms with van der Waals surface area (Å²) >= 11 is 15.7. The lowest BCUT2D eigenvalue weighted by molar-refractivity contribution is -0.143. The summed E-state index contributed by atoms with van der Waals surface area (Å²) in [6.45, 7) is 7.73. The first-order valence-corrected chi connectivity index (χ1v) is 12.2. The van der Waals surface area contributed by atoms with Crippen LogP contribution in [-0.4, -0.2) is 35.4 Å². The van der Waals surface area contributed by atoms with E-state index in [1.165, 1.54) is 4.90 Å². The first kappa shape index (κ1) is 26.5. The van der Waals surface area contributed by atoms with E-state index in [4.69, 9.17) is 27.9 Å². The standard InChI is InChI=1S/C24H29BrCl2N2O3/c1-5-16-8-10-22(18(25)11-16)32-14-23(30)29(21(6-2)24(31)28-15(3)4)13-17-7-9-19(26)20(27)12-17/h7-12,15,21H,5-6,13-14H2,1-4H3,(H,28,31). The molecule has 0 fully saturated rings. The number of nitrogens with zero attached hydrogens (tertiary/aromatic N) is 1. The van der Waals surface area contributed by atoms with Gasteiger partial charge in [-0.3, -0.25) is 9.59 Å². The van der Waals surface area contributed by atoms with Crippen LogP contribution in [-0.2, 0) is 22.6 Å². The Balaban J connectivity index is 2.25. The Labute approximate surface area is 208 Å². The maximum atomic E-state index is 13.2. The minimum absolute atomic E-state index is 0.0391. The van der Waals surface area contributed by atoms with Gasteiger partial charge in [-0.05, 0) is 78.0 Å². The zero-order chi connectivity index (χ0) is 23.8. The normalized spacial score (nSPS) is 11.9. The third kappa shape index (κ3) is 7.39. The number of carbonyl (C=O) groups excluding carboxylic acids is 2. The number of amides is 2. The number of hydrogen-bond acceptors (Lipinski definition) is 3. The van der Waals surface area contributed by atoms with Crippen LogP contribution in [0.2, 0.25) is 10.0 Å². The number of ether oxygens (including phenoxy) is 1. The molecule has 1 atom stereocenters. The molecule has 2 amide bonds. The summed E-state index contributed by atoms with van der Waals surface area (Å²) < 4.78 is 6.58. The smallest absolute Gasteiger partial charge is 0.261 e. The van der Waals surface area contributed by atoms with Crippen molar-refractivity contribution in [3.05, 3.63) is 62.0 Å². The van der Waals surface area contributed by atoms with Crippen LogP contribution in [0.25, 0.3) is 0 Å². The summed E-state index contributed by atoms with van der Waals surface area (Å²) in [6.07, 6.45) is 1.36. The molecular weight excluding hydrogens is 515 g/mol. The highest BCUT2D eigenvalue weighted by Gasteiger charge is 2.29. The average molecular weight is 544 g/mol. The minimum Gasteiger partial charge on any atom is -0.483 e. The minimum atomic E-state index is -0.645. The lowest BCUT2D eigenvalue weighted by atomic mass is 10.1. The lowest BCUT2D eigenvalue weighted by Gasteiger charge is -2.31. The second-order valence-electron chi connectivity index (χ2n) is 7.76. The van der Waals surface area contributed by atoms with Gasteiger partial charge in [-0.25, -0.2) is 0 Å². The molecule has 5 nitrogen and oxygen atoms in total. The highest BCUT2D eigenvalue weighted by atomic mass is 79.9. The van der Waals surface area contributed by atoms with Gasteiger partial charge in [0.05, 0.1) is 14.5 Å². The van der Waals surface area contributed by atoms with E-state index in [2.05, 4.69) is 28.2 Å². The molecule has 0 aliphatic rings. The Morgan fingerprint density at radius 3 is 2.31 bits per heavy atom. The quantitative estimate of drug-likeness (QED) is 0.398. The average Bonchev–Trinajstić information content (AvgIpc) is 2.74. The number of aryl methyl sites for hydroxylation is 1. The van der Waals surface area contributed by atoms with E-state index in [9.17, 15) is 9.59 Å². The van der Waals surface area contributed by atoms with Crippen LogP contribution < -0.4 is 10.1 Å². The topological polar surface area (TPSA) is 58.6 Å². The largest absolute Gasteiger partial charge is 0.483 e. The van der Waals surface area contributed by atoms with E-state index in [1.807, 2.05) is 39.0 Å². The maximum absolute atomic E-state index is 13.2. The molecule has 174 valence electrons. The number of rotatable bonds is 10. The molecule has 2 aromatic rings. The van der Waals surface area contributed by atoms with Crippen LogP contribution >= 0.6 is 39.1 Å². The SMILES string of the molecule is CCc1ccc(OCC(=O)N(Cc2ccc(Cl)c(Cl)c2)C(CC)C(=O)NC(C)C)c(Br)c1. The molecular formula is C24H29BrCl2N2O3. The molecule has 1 N–H and O–H groups in total. The number of hydrogen-bond donors (Lipinski definition) is 1. The Morgan fingerprint density at radius 1 is 1.06 bits per heavy atom. The van der Waals surface area contributed by atoms with E-state index in [1.54, 1.807) is 18.2 Å². The van der Waals surface area contributed by atoms with Crippen molar-refractivity contribution in [2.24, 2.45) is 0 Å². The fourth-order valence-electron chi connectivity index (χ4n) is 3.24. The van der Waals surface area contributed by atoms with Gasteiger partial charge in [0.15, 0.2) is 6.61 Å². The predicted molar refractivity (Wildman–Crippen MR) is 133 cm³/mol. The van der Waals surface area contributed by atoms with E-state index >= 15 is 0 Å². The molecule has 1 unspecified atom stereocenters. The number of nitrogens with one attached hydrogen (secondary N) is 1. The van der Waals surface area contributed by atoms with E-state index in [0.29, 0.717) is 22.2 Å². The summed E-state index contributed by atoms with van der Waals surface area (Å²) in [5.74, 6) is 0.0717. The van der Waals surface area contributed by atoms with Crippen molar-refractivity contribution in [2.75, 3.05) is 6.61 Å². The maximum Gasteiger partial charge on any atom is 0.261 e. The van der Waals surface area contributed by atoms with Crippen molar-refractivity contribution in [2.45, 2.75) is 59.2 Å². The van der Waals surface area contributed by atoms with Gasteiger partial charge < -0.3 is 15.0 Å². The number of carbonyl (C=O) groups is 2. The van der Waals surface area contributed by atoms with Gasteiger partial charge in [-0.15, -0.1) is 0 Å². The molecule has 0 aliphatic carbocycles. The van der Waals surface area contributed by atoms with Gasteiger partial charge in [0, 0.05) is 12.6 Å². The van der Waals surface area contributed by atoms with Crippen LogP contribution in [0.1, 0.15) is 45.2 Å². The summed E-state index contributed by atoms with van der Waals surface area (Å²) in [5.41, 5.74) is 1.94. The fourth-order valence-corrected chi connectivity index (χ4v) is 4.10. The van der Waals surface area contributed by atoms with Gasteiger partial charge in [-0.2, -0.15) is 0 Å². The molecule has 2 rings (SSSR count). The zero-order valence-corrected chi connectivity index (χ0v) is 21.9. The molecule has 0 spiro atoms. The third-order valence-corrected chi connectivity index (χ3v) is 6.27. The molecule has 0 saturated heterocycles. The Kier molecular flexibility index (Phi) is 10.3. The van der Waals surface area contributed by atoms with Crippen LogP contribution in [0, 0.1) is 0 Å². The third-order valence-electron chi connectivity index (χ3n) is 4.91. The Bertz CT molecular complexity index is 953. The van der Waals surface area contributed by atoms with Crippen molar-refractivity contribution in [1.29, 1.82) is 0 Å². The molecule has 8 heteroatoms. The van der Waals surface area contributed by atoms with E-state index in [-0.39, 0.29) is 31.0 Å². The van der Waals surface area contributed by atoms with Gasteiger partial charge in [-0.1, -0.05) is 49.2 Å². The molecule has 0 heterocycles. The Morgan fingerprint density at radius 2 is 1.75 bits per heavy atom. The van der Waals surface area contributed by atoms with Crippen molar-refractivity contribution in [1.82, 2.24) is 10.2 Å². The Hall–Kier alpha value is -1.76. The zero-order valence-electron chi connectivity index (χ0n) is 18.8. The number of halogens is 3. The van der Waals surface area contributed by atoms with Gasteiger partial charge in [0.25, 0.3) is 5.91 Å². The summed E-state index contributed by atoms with van der Waals surface area (Å²) in [7, 11) is 0. The van der Waals surface area contributed by atoms with Crippen molar-refractivity contribution in [3.8, 4) is 5.75 Å². The number of benzene rings is 2. The first-order chi connectivity index (χ1) is 15.2. The van der Waals surface area contributed by atoms with Crippen LogP contribution in [0.3, 0.4) is 0 Å². The second kappa shape index (κ2) is 12.5. The predicted octanol–water partition coefficient (Wildman–Crippen LogP) is 6.03. The highest BCUT2D eigenvalue weighted by molar-refractivity contribution is 9.10. The molecule has 0 aromatic heterocycles. The molecule has 0 saturated carbocycles. The summed E-state index contributed by atoms with van der Waals surface area (Å²) in [6, 6.07) is 10.3. The highest BCUT2D eigenvalue weighted by Crippen LogP contribution is 2.27. The molecule has 0 aliphatic heterocycles. The van der Waals surface area contributed by atoms with E-state index < -0.39 is 6.04 Å². The van der Waals surface area contributed by atoms with Crippen LogP contribution in [0.5, 0.6) is 5.75 Å².